The van der Waals surface area contributed by atoms with Gasteiger partial charge in [0, 0.05) is 0 Å². The van der Waals surface area contributed by atoms with Gasteiger partial charge in [0.2, 0.25) is 0 Å². The van der Waals surface area contributed by atoms with Crippen molar-refractivity contribution < 1.29 is 39.9 Å². The molecule has 0 saturated carbocycles. The summed E-state index contributed by atoms with van der Waals surface area (Å²) in [6, 6.07) is 0. The molecule has 16 heavy (non-hydrogen) atoms. The third-order valence-corrected chi connectivity index (χ3v) is 2.83. The number of alkyl halides is 10. The fourth-order valence-electron chi connectivity index (χ4n) is 1.11. The molecule has 0 unspecified atom stereocenters. The molecule has 96 valence electrons. The summed E-state index contributed by atoms with van der Waals surface area (Å²) < 4.78 is 101. The maximum Gasteiger partial charge on any atom is 0.431 e. The molecule has 1 aliphatic rings. The van der Waals surface area contributed by atoms with Gasteiger partial charge in [-0.2, -0.15) is 30.7 Å². The lowest BCUT2D eigenvalue weighted by molar-refractivity contribution is -0.504. The summed E-state index contributed by atoms with van der Waals surface area (Å²) in [6.07, 6.45) is -12.6. The molecule has 0 spiro atoms. The molecule has 0 aromatic heterocycles. The first-order valence-electron chi connectivity index (χ1n) is 3.30. The molecule has 0 aromatic carbocycles. The van der Waals surface area contributed by atoms with Crippen LogP contribution < -0.4 is 0 Å². The van der Waals surface area contributed by atoms with Crippen LogP contribution in [0.1, 0.15) is 0 Å². The Morgan fingerprint density at radius 1 is 0.812 bits per heavy atom. The van der Waals surface area contributed by atoms with Gasteiger partial charge in [0.15, 0.2) is 0 Å². The second kappa shape index (κ2) is 3.05. The van der Waals surface area contributed by atoms with E-state index in [1.165, 1.54) is 0 Å². The molecule has 11 heteroatoms. The zero-order valence-corrected chi connectivity index (χ0v) is 8.20. The molecule has 0 aromatic rings. The molecule has 0 amide bonds. The quantitative estimate of drug-likeness (QED) is 0.490. The Labute approximate surface area is 92.2 Å². The summed E-state index contributed by atoms with van der Waals surface area (Å²) in [5.74, 6) is 0. The van der Waals surface area contributed by atoms with Crippen molar-refractivity contribution in [2.75, 3.05) is 0 Å². The van der Waals surface area contributed by atoms with Gasteiger partial charge in [-0.25, -0.2) is 4.39 Å². The predicted octanol–water partition coefficient (Wildman–Crippen LogP) is 3.65. The molecule has 1 saturated heterocycles. The molecule has 0 bridgehead atoms. The van der Waals surface area contributed by atoms with Gasteiger partial charge in [-0.3, -0.25) is 0 Å². The van der Waals surface area contributed by atoms with E-state index < -0.39 is 28.4 Å². The maximum absolute atomic E-state index is 13.0. The number of hydrogen-bond acceptors (Lipinski definition) is 1. The Morgan fingerprint density at radius 2 is 1.12 bits per heavy atom. The maximum atomic E-state index is 13.0. The summed E-state index contributed by atoms with van der Waals surface area (Å²) >= 11 is 8.55. The highest BCUT2D eigenvalue weighted by molar-refractivity contribution is 6.34. The van der Waals surface area contributed by atoms with Gasteiger partial charge >= 0.3 is 28.4 Å². The van der Waals surface area contributed by atoms with Gasteiger partial charge in [0.1, 0.15) is 0 Å². The smallest absolute Gasteiger partial charge is 0.301 e. The van der Waals surface area contributed by atoms with Crippen molar-refractivity contribution in [2.24, 2.45) is 0 Å². The highest BCUT2D eigenvalue weighted by Crippen LogP contribution is 2.69. The molecule has 0 N–H and O–H groups in total. The zero-order valence-electron chi connectivity index (χ0n) is 6.69. The monoisotopic (exact) mass is 298 g/mol. The van der Waals surface area contributed by atoms with E-state index in [-0.39, 0.29) is 0 Å². The Morgan fingerprint density at radius 3 is 1.19 bits per heavy atom. The van der Waals surface area contributed by atoms with E-state index >= 15 is 0 Å². The summed E-state index contributed by atoms with van der Waals surface area (Å²) in [5, 5.41) is -9.41. The first kappa shape index (κ1) is 14.0. The largest absolute Gasteiger partial charge is 0.431 e. The SMILES string of the molecule is FC(F)(F)C1(C(F)(F)F)O[C@](F)(Cl)[C@]1(F)Cl. The number of ether oxygens (including phenoxy) is 1. The van der Waals surface area contributed by atoms with E-state index in [1.54, 1.807) is 0 Å². The number of rotatable bonds is 0. The van der Waals surface area contributed by atoms with Crippen molar-refractivity contribution in [3.05, 3.63) is 0 Å². The van der Waals surface area contributed by atoms with Gasteiger partial charge < -0.3 is 4.74 Å². The fraction of sp³-hybridized carbons (Fsp3) is 1.00. The second-order valence-electron chi connectivity index (χ2n) is 2.87. The zero-order chi connectivity index (χ0) is 13.2. The van der Waals surface area contributed by atoms with E-state index in [4.69, 9.17) is 0 Å². The van der Waals surface area contributed by atoms with E-state index in [2.05, 4.69) is 27.9 Å². The lowest BCUT2D eigenvalue weighted by atomic mass is 9.89. The normalized spacial score (nSPS) is 39.4. The molecule has 0 radical (unpaired) electrons. The van der Waals surface area contributed by atoms with Crippen LogP contribution in [-0.4, -0.2) is 28.4 Å². The average molecular weight is 299 g/mol. The van der Waals surface area contributed by atoms with E-state index in [0.717, 1.165) is 0 Å². The highest BCUT2D eigenvalue weighted by atomic mass is 35.5. The van der Waals surface area contributed by atoms with E-state index in [9.17, 15) is 35.1 Å². The molecule has 1 rings (SSSR count). The lowest BCUT2D eigenvalue weighted by Gasteiger charge is -2.55. The van der Waals surface area contributed by atoms with Crippen molar-refractivity contribution in [3.63, 3.8) is 0 Å². The first-order chi connectivity index (χ1) is 6.71. The molecule has 1 heterocycles. The van der Waals surface area contributed by atoms with Crippen LogP contribution in [0.5, 0.6) is 0 Å². The van der Waals surface area contributed by atoms with Crippen molar-refractivity contribution in [1.82, 2.24) is 0 Å². The third kappa shape index (κ3) is 1.34. The summed E-state index contributed by atoms with van der Waals surface area (Å²) in [5.41, 5.74) is -5.48. The van der Waals surface area contributed by atoms with Crippen molar-refractivity contribution in [2.45, 2.75) is 28.4 Å². The van der Waals surface area contributed by atoms with Gasteiger partial charge in [0.25, 0.3) is 0 Å². The summed E-state index contributed by atoms with van der Waals surface area (Å²) in [7, 11) is 0. The minimum absolute atomic E-state index is 2.80. The Hall–Kier alpha value is -0.0200. The lowest BCUT2D eigenvalue weighted by Crippen LogP contribution is -2.83. The van der Waals surface area contributed by atoms with Crippen LogP contribution in [0.3, 0.4) is 0 Å². The van der Waals surface area contributed by atoms with Crippen molar-refractivity contribution in [3.8, 4) is 0 Å². The van der Waals surface area contributed by atoms with Crippen LogP contribution in [0.2, 0.25) is 0 Å². The fourth-order valence-corrected chi connectivity index (χ4v) is 1.65. The van der Waals surface area contributed by atoms with E-state index in [0.29, 0.717) is 0 Å². The predicted molar refractivity (Wildman–Crippen MR) is 35.3 cm³/mol. The molecular weight excluding hydrogens is 299 g/mol. The summed E-state index contributed by atoms with van der Waals surface area (Å²) in [4.78, 5) is 0. The topological polar surface area (TPSA) is 9.23 Å². The highest BCUT2D eigenvalue weighted by Gasteiger charge is 2.97. The van der Waals surface area contributed by atoms with Gasteiger partial charge in [-0.1, -0.05) is 11.6 Å². The van der Waals surface area contributed by atoms with Gasteiger partial charge in [0.05, 0.1) is 0 Å². The Bertz CT molecular complexity index is 291. The number of hydrogen-bond donors (Lipinski definition) is 0. The molecular formula is C5Cl2F8O. The Balaban J connectivity index is 3.35. The van der Waals surface area contributed by atoms with E-state index in [1.807, 2.05) is 0 Å². The second-order valence-corrected chi connectivity index (χ2v) is 3.88. The van der Waals surface area contributed by atoms with Crippen molar-refractivity contribution >= 4 is 23.2 Å². The molecule has 1 nitrogen and oxygen atoms in total. The van der Waals surface area contributed by atoms with Crippen LogP contribution >= 0.6 is 23.2 Å². The Kier molecular flexibility index (Phi) is 2.68. The average Bonchev–Trinajstić information content (AvgIpc) is 1.94. The molecule has 0 aliphatic carbocycles. The molecule has 2 atom stereocenters. The van der Waals surface area contributed by atoms with Crippen LogP contribution in [0.4, 0.5) is 35.1 Å². The minimum atomic E-state index is -6.31. The molecule has 1 aliphatic heterocycles. The number of halogens is 10. The summed E-state index contributed by atoms with van der Waals surface area (Å²) in [6.45, 7) is 0. The van der Waals surface area contributed by atoms with Gasteiger partial charge in [-0.15, -0.1) is 0 Å². The van der Waals surface area contributed by atoms with Crippen molar-refractivity contribution in [1.29, 1.82) is 0 Å². The minimum Gasteiger partial charge on any atom is -0.301 e. The molecule has 1 fully saturated rings. The van der Waals surface area contributed by atoms with Crippen LogP contribution in [0, 0.1) is 0 Å². The third-order valence-electron chi connectivity index (χ3n) is 1.89. The standard InChI is InChI=1S/C5Cl2F8O/c6-2(8)1(4(10,11)12,5(13,14)15)16-3(2,7)9/t2-,3-/m0/s1. The first-order valence-corrected chi connectivity index (χ1v) is 4.05. The van der Waals surface area contributed by atoms with Crippen LogP contribution in [0.15, 0.2) is 0 Å². The van der Waals surface area contributed by atoms with Crippen LogP contribution in [-0.2, 0) is 4.74 Å². The van der Waals surface area contributed by atoms with Crippen LogP contribution in [0.25, 0.3) is 0 Å². The van der Waals surface area contributed by atoms with Gasteiger partial charge in [-0.05, 0) is 11.6 Å².